The van der Waals surface area contributed by atoms with Crippen LogP contribution in [0.15, 0.2) is 40.4 Å². The van der Waals surface area contributed by atoms with Crippen LogP contribution in [0.3, 0.4) is 0 Å². The van der Waals surface area contributed by atoms with Crippen LogP contribution in [-0.2, 0) is 11.2 Å². The molecule has 1 aromatic carbocycles. The van der Waals surface area contributed by atoms with Crippen molar-refractivity contribution in [2.45, 2.75) is 69.2 Å². The highest BCUT2D eigenvalue weighted by Gasteiger charge is 2.28. The van der Waals surface area contributed by atoms with Gasteiger partial charge in [-0.2, -0.15) is 5.10 Å². The molecule has 9 heteroatoms. The van der Waals surface area contributed by atoms with Crippen LogP contribution < -0.4 is 10.2 Å². The molecule has 1 saturated heterocycles. The number of hydrogen-bond acceptors (Lipinski definition) is 8. The van der Waals surface area contributed by atoms with Crippen molar-refractivity contribution in [1.29, 1.82) is 0 Å². The molecule has 33 heavy (non-hydrogen) atoms. The van der Waals surface area contributed by atoms with E-state index in [2.05, 4.69) is 27.3 Å². The van der Waals surface area contributed by atoms with E-state index in [-0.39, 0.29) is 17.9 Å². The number of ketones is 1. The maximum Gasteiger partial charge on any atom is 0.196 e. The minimum atomic E-state index is -0.273. The topological polar surface area (TPSA) is 107 Å². The molecule has 0 amide bonds. The van der Waals surface area contributed by atoms with Crippen molar-refractivity contribution < 1.29 is 9.90 Å². The van der Waals surface area contributed by atoms with Crippen LogP contribution in [0.1, 0.15) is 43.5 Å². The van der Waals surface area contributed by atoms with Crippen LogP contribution in [0, 0.1) is 13.8 Å². The number of piperidine rings is 1. The number of aromatic nitrogens is 4. The number of hydrogen-bond donors (Lipinski definition) is 3. The molecule has 2 atom stereocenters. The van der Waals surface area contributed by atoms with Gasteiger partial charge < -0.3 is 15.3 Å². The molecule has 0 aliphatic carbocycles. The zero-order valence-corrected chi connectivity index (χ0v) is 20.2. The third kappa shape index (κ3) is 5.72. The molecule has 3 aromatic rings. The van der Waals surface area contributed by atoms with Gasteiger partial charge in [-0.15, -0.1) is 0 Å². The summed E-state index contributed by atoms with van der Waals surface area (Å²) in [4.78, 5) is 24.4. The van der Waals surface area contributed by atoms with E-state index in [4.69, 9.17) is 9.97 Å². The van der Waals surface area contributed by atoms with Crippen molar-refractivity contribution in [2.24, 2.45) is 0 Å². The van der Waals surface area contributed by atoms with E-state index >= 15 is 0 Å². The lowest BCUT2D eigenvalue weighted by Gasteiger charge is -2.37. The molecule has 4 rings (SSSR count). The molecule has 1 fully saturated rings. The van der Waals surface area contributed by atoms with E-state index in [1.165, 1.54) is 11.8 Å². The van der Waals surface area contributed by atoms with Crippen molar-refractivity contribution >= 4 is 35.0 Å². The van der Waals surface area contributed by atoms with Gasteiger partial charge in [0.15, 0.2) is 11.0 Å². The number of aromatic amines is 1. The van der Waals surface area contributed by atoms with Crippen LogP contribution in [0.5, 0.6) is 0 Å². The Labute approximate surface area is 198 Å². The smallest absolute Gasteiger partial charge is 0.196 e. The number of aliphatic hydroxyl groups is 1. The van der Waals surface area contributed by atoms with Crippen LogP contribution in [0.2, 0.25) is 0 Å². The number of nitrogens with zero attached hydrogens (tertiary/aromatic N) is 4. The van der Waals surface area contributed by atoms with Gasteiger partial charge in [0.1, 0.15) is 17.4 Å². The Morgan fingerprint density at radius 2 is 2.03 bits per heavy atom. The number of anilines is 3. The Hall–Kier alpha value is -2.91. The minimum Gasteiger partial charge on any atom is -0.393 e. The number of carbonyl (C=O) groups is 1. The Bertz CT molecular complexity index is 1130. The number of benzene rings is 1. The van der Waals surface area contributed by atoms with Crippen molar-refractivity contribution in [3.63, 3.8) is 0 Å². The highest BCUT2D eigenvalue weighted by atomic mass is 32.2. The van der Waals surface area contributed by atoms with Crippen LogP contribution in [0.4, 0.5) is 17.5 Å². The minimum absolute atomic E-state index is 0.145. The Balaban J connectivity index is 1.66. The summed E-state index contributed by atoms with van der Waals surface area (Å²) in [7, 11) is 0. The predicted molar refractivity (Wildman–Crippen MR) is 130 cm³/mol. The number of H-pyrrole nitrogens is 1. The van der Waals surface area contributed by atoms with Gasteiger partial charge in [-0.3, -0.25) is 9.89 Å². The lowest BCUT2D eigenvalue weighted by Crippen LogP contribution is -2.43. The summed E-state index contributed by atoms with van der Waals surface area (Å²) in [5.74, 6) is 2.43. The molecule has 3 heterocycles. The van der Waals surface area contributed by atoms with Crippen molar-refractivity contribution in [2.75, 3.05) is 16.8 Å². The monoisotopic (exact) mass is 466 g/mol. The van der Waals surface area contributed by atoms with Gasteiger partial charge in [0.05, 0.1) is 6.10 Å². The lowest BCUT2D eigenvalue weighted by atomic mass is 10.0. The third-order valence-corrected chi connectivity index (χ3v) is 6.63. The summed E-state index contributed by atoms with van der Waals surface area (Å²) in [5, 5.41) is 21.3. The second-order valence-electron chi connectivity index (χ2n) is 8.71. The first kappa shape index (κ1) is 23.3. The molecule has 0 saturated carbocycles. The molecule has 3 N–H and O–H groups in total. The fourth-order valence-electron chi connectivity index (χ4n) is 4.07. The third-order valence-electron chi connectivity index (χ3n) is 5.76. The van der Waals surface area contributed by atoms with Gasteiger partial charge in [-0.1, -0.05) is 12.1 Å². The van der Waals surface area contributed by atoms with Crippen molar-refractivity contribution in [1.82, 2.24) is 20.2 Å². The molecule has 2 unspecified atom stereocenters. The molecule has 8 nitrogen and oxygen atoms in total. The quantitative estimate of drug-likeness (QED) is 0.445. The van der Waals surface area contributed by atoms with E-state index < -0.39 is 0 Å². The van der Waals surface area contributed by atoms with Gasteiger partial charge in [0, 0.05) is 41.2 Å². The zero-order valence-electron chi connectivity index (χ0n) is 19.4. The maximum absolute atomic E-state index is 11.4. The first-order valence-corrected chi connectivity index (χ1v) is 12.0. The summed E-state index contributed by atoms with van der Waals surface area (Å²) in [6.07, 6.45) is 1.59. The summed E-state index contributed by atoms with van der Waals surface area (Å²) in [6, 6.07) is 10.0. The number of aliphatic hydroxyl groups excluding tert-OH is 1. The first-order chi connectivity index (χ1) is 15.8. The van der Waals surface area contributed by atoms with Gasteiger partial charge in [0.2, 0.25) is 0 Å². The van der Waals surface area contributed by atoms with Gasteiger partial charge >= 0.3 is 0 Å². The van der Waals surface area contributed by atoms with Crippen molar-refractivity contribution in [3.05, 3.63) is 47.2 Å². The standard InChI is InChI=1S/C24H30N6O2S/c1-14-11-21(29-28-14)25-22-17(4)23(30-10-9-19(32)12-15(30)2)27-24(26-22)33-20-7-5-18(6-8-20)13-16(3)31/h5-8,11,15,19,32H,9-10,12-13H2,1-4H3,(H2,25,26,27,28,29). The van der Waals surface area contributed by atoms with Gasteiger partial charge in [-0.25, -0.2) is 9.97 Å². The molecule has 2 aromatic heterocycles. The van der Waals surface area contributed by atoms with Crippen LogP contribution >= 0.6 is 11.8 Å². The second kappa shape index (κ2) is 9.93. The van der Waals surface area contributed by atoms with E-state index in [0.29, 0.717) is 29.6 Å². The average Bonchev–Trinajstić information content (AvgIpc) is 3.16. The lowest BCUT2D eigenvalue weighted by molar-refractivity contribution is -0.116. The first-order valence-electron chi connectivity index (χ1n) is 11.2. The summed E-state index contributed by atoms with van der Waals surface area (Å²) in [6.45, 7) is 8.42. The molecule has 0 spiro atoms. The van der Waals surface area contributed by atoms with Crippen LogP contribution in [-0.4, -0.2) is 49.7 Å². The number of Topliss-reactive ketones (excluding diaryl/α,β-unsaturated/α-hetero) is 1. The fourth-order valence-corrected chi connectivity index (χ4v) is 4.82. The van der Waals surface area contributed by atoms with E-state index in [1.807, 2.05) is 44.2 Å². The summed E-state index contributed by atoms with van der Waals surface area (Å²) < 4.78 is 0. The van der Waals surface area contributed by atoms with Crippen LogP contribution in [0.25, 0.3) is 0 Å². The Morgan fingerprint density at radius 1 is 1.27 bits per heavy atom. The molecule has 1 aliphatic rings. The molecular formula is C24H30N6O2S. The number of nitrogens with one attached hydrogen (secondary N) is 2. The average molecular weight is 467 g/mol. The summed E-state index contributed by atoms with van der Waals surface area (Å²) >= 11 is 1.48. The SMILES string of the molecule is CC(=O)Cc1ccc(Sc2nc(Nc3cc(C)[nH]n3)c(C)c(N3CCC(O)CC3C)n2)cc1. The molecule has 0 bridgehead atoms. The Kier molecular flexibility index (Phi) is 6.99. The van der Waals surface area contributed by atoms with E-state index in [1.54, 1.807) is 6.92 Å². The van der Waals surface area contributed by atoms with E-state index in [9.17, 15) is 9.90 Å². The van der Waals surface area contributed by atoms with Gasteiger partial charge in [0.25, 0.3) is 0 Å². The van der Waals surface area contributed by atoms with Gasteiger partial charge in [-0.05, 0) is 70.0 Å². The number of carbonyl (C=O) groups excluding carboxylic acids is 1. The molecule has 1 aliphatic heterocycles. The zero-order chi connectivity index (χ0) is 23.5. The summed E-state index contributed by atoms with van der Waals surface area (Å²) in [5.41, 5.74) is 2.90. The highest BCUT2D eigenvalue weighted by Crippen LogP contribution is 2.34. The predicted octanol–water partition coefficient (Wildman–Crippen LogP) is 4.19. The van der Waals surface area contributed by atoms with E-state index in [0.717, 1.165) is 40.5 Å². The molecule has 174 valence electrons. The molecular weight excluding hydrogens is 436 g/mol. The molecule has 0 radical (unpaired) electrons. The highest BCUT2D eigenvalue weighted by molar-refractivity contribution is 7.99. The van der Waals surface area contributed by atoms with Crippen molar-refractivity contribution in [3.8, 4) is 0 Å². The maximum atomic E-state index is 11.4. The number of rotatable bonds is 7. The fraction of sp³-hybridized carbons (Fsp3) is 0.417. The Morgan fingerprint density at radius 3 is 2.67 bits per heavy atom. The second-order valence-corrected chi connectivity index (χ2v) is 9.75. The normalized spacial score (nSPS) is 18.4. The number of aryl methyl sites for hydroxylation is 1. The largest absolute Gasteiger partial charge is 0.393 e.